The van der Waals surface area contributed by atoms with Crippen LogP contribution in [-0.2, 0) is 6.54 Å². The fourth-order valence-corrected chi connectivity index (χ4v) is 4.48. The molecule has 1 amide bonds. The molecule has 0 fully saturated rings. The standard InChI is InChI=1S/C30H35N3O3/c1-20(2)23-16-15-21(3)19-28(23)36-18-10-17-33-26-13-8-7-12-25(26)32-29(33)22(4)31-30(34)24-11-6-9-14-27(24)35-5/h6-9,11-16,19-20,22H,10,17-18H2,1-5H3,(H,31,34). The Morgan fingerprint density at radius 3 is 2.53 bits per heavy atom. The number of hydrogen-bond acceptors (Lipinski definition) is 4. The average Bonchev–Trinajstić information content (AvgIpc) is 3.25. The van der Waals surface area contributed by atoms with Gasteiger partial charge >= 0.3 is 0 Å². The van der Waals surface area contributed by atoms with Crippen LogP contribution < -0.4 is 14.8 Å². The lowest BCUT2D eigenvalue weighted by molar-refractivity contribution is 0.0934. The van der Waals surface area contributed by atoms with Gasteiger partial charge in [-0.2, -0.15) is 0 Å². The summed E-state index contributed by atoms with van der Waals surface area (Å²) in [6, 6.07) is 21.4. The Hall–Kier alpha value is -3.80. The molecule has 0 aliphatic heterocycles. The van der Waals surface area contributed by atoms with Crippen molar-refractivity contribution in [2.24, 2.45) is 0 Å². The minimum absolute atomic E-state index is 0.192. The smallest absolute Gasteiger partial charge is 0.255 e. The van der Waals surface area contributed by atoms with Crippen molar-refractivity contribution in [3.05, 3.63) is 89.2 Å². The molecule has 6 heteroatoms. The largest absolute Gasteiger partial charge is 0.496 e. The fraction of sp³-hybridized carbons (Fsp3) is 0.333. The number of hydrogen-bond donors (Lipinski definition) is 1. The SMILES string of the molecule is COc1ccccc1C(=O)NC(C)c1nc2ccccc2n1CCCOc1cc(C)ccc1C(C)C. The molecule has 3 aromatic carbocycles. The van der Waals surface area contributed by atoms with E-state index in [2.05, 4.69) is 54.9 Å². The molecule has 188 valence electrons. The highest BCUT2D eigenvalue weighted by Gasteiger charge is 2.20. The number of ether oxygens (including phenoxy) is 2. The highest BCUT2D eigenvalue weighted by molar-refractivity contribution is 5.97. The van der Waals surface area contributed by atoms with E-state index in [1.807, 2.05) is 37.3 Å². The van der Waals surface area contributed by atoms with E-state index in [0.29, 0.717) is 23.8 Å². The Kier molecular flexibility index (Phi) is 7.93. The first-order valence-electron chi connectivity index (χ1n) is 12.5. The van der Waals surface area contributed by atoms with Gasteiger partial charge in [-0.3, -0.25) is 4.79 Å². The molecular weight excluding hydrogens is 450 g/mol. The molecule has 36 heavy (non-hydrogen) atoms. The van der Waals surface area contributed by atoms with Crippen molar-refractivity contribution in [1.29, 1.82) is 0 Å². The summed E-state index contributed by atoms with van der Waals surface area (Å²) in [7, 11) is 1.57. The second-order valence-corrected chi connectivity index (χ2v) is 9.40. The van der Waals surface area contributed by atoms with E-state index in [9.17, 15) is 4.79 Å². The minimum atomic E-state index is -0.292. The van der Waals surface area contributed by atoms with E-state index in [1.165, 1.54) is 11.1 Å². The van der Waals surface area contributed by atoms with Crippen LogP contribution in [0.15, 0.2) is 66.7 Å². The lowest BCUT2D eigenvalue weighted by atomic mass is 10.0. The lowest BCUT2D eigenvalue weighted by Gasteiger charge is -2.18. The van der Waals surface area contributed by atoms with E-state index >= 15 is 0 Å². The number of imidazole rings is 1. The summed E-state index contributed by atoms with van der Waals surface area (Å²) in [4.78, 5) is 17.9. The van der Waals surface area contributed by atoms with Gasteiger partial charge in [0, 0.05) is 6.54 Å². The van der Waals surface area contributed by atoms with E-state index in [1.54, 1.807) is 19.2 Å². The molecule has 4 aromatic rings. The number of aromatic nitrogens is 2. The molecule has 0 saturated carbocycles. The van der Waals surface area contributed by atoms with Crippen LogP contribution in [-0.4, -0.2) is 29.2 Å². The summed E-state index contributed by atoms with van der Waals surface area (Å²) in [6.07, 6.45) is 0.812. The lowest BCUT2D eigenvalue weighted by Crippen LogP contribution is -2.29. The number of amides is 1. The molecule has 1 aromatic heterocycles. The van der Waals surface area contributed by atoms with Gasteiger partial charge < -0.3 is 19.4 Å². The van der Waals surface area contributed by atoms with E-state index in [4.69, 9.17) is 14.5 Å². The minimum Gasteiger partial charge on any atom is -0.496 e. The monoisotopic (exact) mass is 485 g/mol. The average molecular weight is 486 g/mol. The Bertz CT molecular complexity index is 1340. The quantitative estimate of drug-likeness (QED) is 0.263. The maximum Gasteiger partial charge on any atom is 0.255 e. The molecule has 1 N–H and O–H groups in total. The van der Waals surface area contributed by atoms with Crippen molar-refractivity contribution in [2.75, 3.05) is 13.7 Å². The number of carbonyl (C=O) groups excluding carboxylic acids is 1. The first kappa shape index (κ1) is 25.3. The number of aryl methyl sites for hydroxylation is 2. The summed E-state index contributed by atoms with van der Waals surface area (Å²) in [5.41, 5.74) is 4.87. The second kappa shape index (κ2) is 11.3. The number of nitrogens with one attached hydrogen (secondary N) is 1. The Morgan fingerprint density at radius 2 is 1.75 bits per heavy atom. The molecule has 0 aliphatic rings. The van der Waals surface area contributed by atoms with Crippen molar-refractivity contribution in [3.63, 3.8) is 0 Å². The van der Waals surface area contributed by atoms with Crippen LogP contribution in [0, 0.1) is 6.92 Å². The highest BCUT2D eigenvalue weighted by atomic mass is 16.5. The zero-order valence-electron chi connectivity index (χ0n) is 21.7. The van der Waals surface area contributed by atoms with Crippen LogP contribution in [0.2, 0.25) is 0 Å². The first-order chi connectivity index (χ1) is 17.4. The molecule has 0 bridgehead atoms. The number of fused-ring (bicyclic) bond motifs is 1. The number of carbonyl (C=O) groups is 1. The van der Waals surface area contributed by atoms with Gasteiger partial charge in [-0.15, -0.1) is 0 Å². The van der Waals surface area contributed by atoms with Gasteiger partial charge in [-0.1, -0.05) is 50.2 Å². The van der Waals surface area contributed by atoms with Crippen LogP contribution in [0.1, 0.15) is 66.5 Å². The number of nitrogens with zero attached hydrogens (tertiary/aromatic N) is 2. The topological polar surface area (TPSA) is 65.4 Å². The molecule has 1 atom stereocenters. The molecule has 1 unspecified atom stereocenters. The Labute approximate surface area is 213 Å². The molecule has 0 radical (unpaired) electrons. The molecule has 1 heterocycles. The van der Waals surface area contributed by atoms with Crippen LogP contribution >= 0.6 is 0 Å². The molecule has 4 rings (SSSR count). The van der Waals surface area contributed by atoms with Gasteiger partial charge in [0.15, 0.2) is 0 Å². The summed E-state index contributed by atoms with van der Waals surface area (Å²) in [6.45, 7) is 9.74. The van der Waals surface area contributed by atoms with Crippen molar-refractivity contribution in [2.45, 2.75) is 52.6 Å². The fourth-order valence-electron chi connectivity index (χ4n) is 4.48. The molecule has 0 spiro atoms. The highest BCUT2D eigenvalue weighted by Crippen LogP contribution is 2.28. The van der Waals surface area contributed by atoms with Crippen molar-refractivity contribution in [1.82, 2.24) is 14.9 Å². The molecule has 6 nitrogen and oxygen atoms in total. The van der Waals surface area contributed by atoms with Crippen LogP contribution in [0.25, 0.3) is 11.0 Å². The maximum atomic E-state index is 13.0. The van der Waals surface area contributed by atoms with E-state index in [-0.39, 0.29) is 11.9 Å². The number of rotatable bonds is 10. The van der Waals surface area contributed by atoms with Crippen molar-refractivity contribution >= 4 is 16.9 Å². The second-order valence-electron chi connectivity index (χ2n) is 9.40. The predicted molar refractivity (Wildman–Crippen MR) is 144 cm³/mol. The third-order valence-corrected chi connectivity index (χ3v) is 6.35. The Morgan fingerprint density at radius 1 is 1.00 bits per heavy atom. The zero-order valence-corrected chi connectivity index (χ0v) is 21.7. The van der Waals surface area contributed by atoms with Crippen LogP contribution in [0.5, 0.6) is 11.5 Å². The van der Waals surface area contributed by atoms with E-state index < -0.39 is 0 Å². The predicted octanol–water partition coefficient (Wildman–Crippen LogP) is 6.44. The van der Waals surface area contributed by atoms with Gasteiger partial charge in [-0.05, 0) is 67.6 Å². The van der Waals surface area contributed by atoms with Gasteiger partial charge in [0.2, 0.25) is 0 Å². The van der Waals surface area contributed by atoms with Gasteiger partial charge in [0.25, 0.3) is 5.91 Å². The number of benzene rings is 3. The van der Waals surface area contributed by atoms with Crippen LogP contribution in [0.4, 0.5) is 0 Å². The van der Waals surface area contributed by atoms with E-state index in [0.717, 1.165) is 35.6 Å². The summed E-state index contributed by atoms with van der Waals surface area (Å²) >= 11 is 0. The molecular formula is C30H35N3O3. The maximum absolute atomic E-state index is 13.0. The zero-order chi connectivity index (χ0) is 25.7. The summed E-state index contributed by atoms with van der Waals surface area (Å²) < 4.78 is 13.8. The van der Waals surface area contributed by atoms with Gasteiger partial charge in [0.1, 0.15) is 17.3 Å². The first-order valence-corrected chi connectivity index (χ1v) is 12.5. The Balaban J connectivity index is 1.50. The number of methoxy groups -OCH3 is 1. The summed E-state index contributed by atoms with van der Waals surface area (Å²) in [5.74, 6) is 2.53. The van der Waals surface area contributed by atoms with Crippen LogP contribution in [0.3, 0.4) is 0 Å². The van der Waals surface area contributed by atoms with Crippen molar-refractivity contribution in [3.8, 4) is 11.5 Å². The number of para-hydroxylation sites is 3. The normalized spacial score (nSPS) is 12.1. The molecule has 0 saturated heterocycles. The summed E-state index contributed by atoms with van der Waals surface area (Å²) in [5, 5.41) is 3.10. The third-order valence-electron chi connectivity index (χ3n) is 6.35. The molecule has 0 aliphatic carbocycles. The van der Waals surface area contributed by atoms with Crippen molar-refractivity contribution < 1.29 is 14.3 Å². The van der Waals surface area contributed by atoms with Gasteiger partial charge in [-0.25, -0.2) is 4.98 Å². The third kappa shape index (κ3) is 5.54. The van der Waals surface area contributed by atoms with Gasteiger partial charge in [0.05, 0.1) is 36.4 Å².